The molecule has 180 valence electrons. The molecule has 0 bridgehead atoms. The van der Waals surface area contributed by atoms with Gasteiger partial charge in [-0.05, 0) is 37.5 Å². The Morgan fingerprint density at radius 1 is 1.12 bits per heavy atom. The number of aromatic amines is 1. The second-order valence-electron chi connectivity index (χ2n) is 8.80. The molecule has 2 aliphatic heterocycles. The van der Waals surface area contributed by atoms with Crippen molar-refractivity contribution < 1.29 is 18.3 Å². The number of morpholine rings is 1. The maximum atomic E-state index is 14.8. The van der Waals surface area contributed by atoms with Gasteiger partial charge in [0.1, 0.15) is 17.3 Å². The minimum absolute atomic E-state index is 0.0840. The molecule has 2 saturated heterocycles. The summed E-state index contributed by atoms with van der Waals surface area (Å²) < 4.78 is 40.3. The Morgan fingerprint density at radius 3 is 2.76 bits per heavy atom. The molecule has 3 aromatic rings. The van der Waals surface area contributed by atoms with Gasteiger partial charge in [0.15, 0.2) is 5.82 Å². The lowest BCUT2D eigenvalue weighted by Gasteiger charge is -2.26. The summed E-state index contributed by atoms with van der Waals surface area (Å²) >= 11 is 0. The van der Waals surface area contributed by atoms with Crippen LogP contribution in [0.15, 0.2) is 30.6 Å². The number of anilines is 2. The summed E-state index contributed by atoms with van der Waals surface area (Å²) in [5, 5.41) is 2.87. The van der Waals surface area contributed by atoms with Crippen LogP contribution in [0.4, 0.5) is 20.4 Å². The van der Waals surface area contributed by atoms with Gasteiger partial charge < -0.3 is 19.8 Å². The molecule has 2 aliphatic rings. The topological polar surface area (TPSA) is 88.2 Å². The lowest BCUT2D eigenvalue weighted by atomic mass is 9.96. The molecule has 8 nitrogen and oxygen atoms in total. The van der Waals surface area contributed by atoms with Crippen molar-refractivity contribution in [2.24, 2.45) is 0 Å². The first-order valence-electron chi connectivity index (χ1n) is 11.6. The Balaban J connectivity index is 1.30. The third kappa shape index (κ3) is 5.24. The van der Waals surface area contributed by atoms with Gasteiger partial charge in [0.2, 0.25) is 5.95 Å². The highest BCUT2D eigenvalue weighted by molar-refractivity contribution is 5.60. The number of halogens is 2. The Labute approximate surface area is 196 Å². The molecule has 0 amide bonds. The number of nitrogens with one attached hydrogen (secondary N) is 2. The molecule has 5 rings (SSSR count). The van der Waals surface area contributed by atoms with E-state index in [1.54, 1.807) is 12.3 Å². The van der Waals surface area contributed by atoms with Gasteiger partial charge in [0.25, 0.3) is 0 Å². The molecule has 34 heavy (non-hydrogen) atoms. The van der Waals surface area contributed by atoms with Gasteiger partial charge in [-0.15, -0.1) is 0 Å². The molecule has 2 N–H and O–H groups in total. The predicted molar refractivity (Wildman–Crippen MR) is 123 cm³/mol. The fraction of sp³-hybridized carbons (Fsp3) is 0.458. The minimum atomic E-state index is -0.581. The highest BCUT2D eigenvalue weighted by Crippen LogP contribution is 2.30. The fourth-order valence-electron chi connectivity index (χ4n) is 4.42. The molecule has 2 aromatic heterocycles. The number of nitrogens with zero attached hydrogens (tertiary/aromatic N) is 4. The monoisotopic (exact) mass is 470 g/mol. The molecule has 0 radical (unpaired) electrons. The van der Waals surface area contributed by atoms with Gasteiger partial charge >= 0.3 is 0 Å². The second kappa shape index (κ2) is 10.1. The summed E-state index contributed by atoms with van der Waals surface area (Å²) in [5.41, 5.74) is 1.64. The third-order valence-electron chi connectivity index (χ3n) is 6.26. The van der Waals surface area contributed by atoms with E-state index in [4.69, 9.17) is 9.47 Å². The normalized spacial score (nSPS) is 21.5. The predicted octanol–water partition coefficient (Wildman–Crippen LogP) is 4.00. The van der Waals surface area contributed by atoms with Crippen molar-refractivity contribution in [3.63, 3.8) is 0 Å². The summed E-state index contributed by atoms with van der Waals surface area (Å²) in [6.07, 6.45) is 4.52. The Morgan fingerprint density at radius 2 is 1.97 bits per heavy atom. The molecule has 1 aromatic carbocycles. The van der Waals surface area contributed by atoms with E-state index in [1.807, 2.05) is 13.0 Å². The fourth-order valence-corrected chi connectivity index (χ4v) is 4.42. The van der Waals surface area contributed by atoms with Crippen molar-refractivity contribution in [3.8, 4) is 11.4 Å². The average molecular weight is 471 g/mol. The quantitative estimate of drug-likeness (QED) is 0.563. The number of ether oxygens (including phenoxy) is 2. The van der Waals surface area contributed by atoms with Crippen LogP contribution in [0.3, 0.4) is 0 Å². The van der Waals surface area contributed by atoms with Crippen LogP contribution < -0.4 is 5.32 Å². The highest BCUT2D eigenvalue weighted by Gasteiger charge is 2.24. The van der Waals surface area contributed by atoms with Crippen LogP contribution in [0, 0.1) is 11.6 Å². The lowest BCUT2D eigenvalue weighted by molar-refractivity contribution is 0.0174. The van der Waals surface area contributed by atoms with Gasteiger partial charge in [-0.25, -0.2) is 23.7 Å². The number of aromatic nitrogens is 4. The summed E-state index contributed by atoms with van der Waals surface area (Å²) in [6.45, 7) is 6.41. The molecule has 2 atom stereocenters. The van der Waals surface area contributed by atoms with Crippen LogP contribution in [0.5, 0.6) is 0 Å². The van der Waals surface area contributed by atoms with Gasteiger partial charge in [0.05, 0.1) is 43.1 Å². The van der Waals surface area contributed by atoms with E-state index in [0.29, 0.717) is 32.1 Å². The molecule has 2 fully saturated rings. The van der Waals surface area contributed by atoms with E-state index in [-0.39, 0.29) is 29.4 Å². The first-order chi connectivity index (χ1) is 16.5. The minimum Gasteiger partial charge on any atom is -0.379 e. The Hall–Kier alpha value is -2.95. The molecule has 4 heterocycles. The zero-order valence-electron chi connectivity index (χ0n) is 19.1. The van der Waals surface area contributed by atoms with Crippen molar-refractivity contribution in [1.82, 2.24) is 24.8 Å². The largest absolute Gasteiger partial charge is 0.379 e. The smallest absolute Gasteiger partial charge is 0.228 e. The summed E-state index contributed by atoms with van der Waals surface area (Å²) in [7, 11) is 0. The van der Waals surface area contributed by atoms with Gasteiger partial charge in [-0.2, -0.15) is 0 Å². The van der Waals surface area contributed by atoms with Gasteiger partial charge in [0, 0.05) is 32.2 Å². The molecule has 0 saturated carbocycles. The average Bonchev–Trinajstić information content (AvgIpc) is 3.33. The van der Waals surface area contributed by atoms with E-state index in [0.717, 1.165) is 43.5 Å². The van der Waals surface area contributed by atoms with Crippen LogP contribution in [-0.4, -0.2) is 63.8 Å². The number of hydrogen-bond acceptors (Lipinski definition) is 7. The number of rotatable bonds is 6. The highest BCUT2D eigenvalue weighted by atomic mass is 19.1. The van der Waals surface area contributed by atoms with Crippen LogP contribution in [0.25, 0.3) is 11.4 Å². The Bertz CT molecular complexity index is 1130. The first kappa shape index (κ1) is 22.8. The summed E-state index contributed by atoms with van der Waals surface area (Å²) in [6, 6.07) is 5.01. The van der Waals surface area contributed by atoms with Crippen molar-refractivity contribution in [3.05, 3.63) is 53.6 Å². The van der Waals surface area contributed by atoms with E-state index in [1.165, 1.54) is 6.07 Å². The van der Waals surface area contributed by atoms with Crippen LogP contribution in [-0.2, 0) is 16.0 Å². The van der Waals surface area contributed by atoms with Gasteiger partial charge in [-0.1, -0.05) is 6.07 Å². The number of imidazole rings is 1. The van der Waals surface area contributed by atoms with Crippen molar-refractivity contribution in [2.45, 2.75) is 38.3 Å². The number of hydrogen-bond donors (Lipinski definition) is 2. The van der Waals surface area contributed by atoms with Crippen LogP contribution in [0.1, 0.15) is 37.1 Å². The first-order valence-corrected chi connectivity index (χ1v) is 11.6. The van der Waals surface area contributed by atoms with Crippen molar-refractivity contribution in [1.29, 1.82) is 0 Å². The van der Waals surface area contributed by atoms with Crippen LogP contribution in [0.2, 0.25) is 0 Å². The maximum absolute atomic E-state index is 14.8. The van der Waals surface area contributed by atoms with Crippen molar-refractivity contribution >= 4 is 11.6 Å². The lowest BCUT2D eigenvalue weighted by Crippen LogP contribution is -2.35. The number of benzene rings is 1. The molecule has 10 heteroatoms. The molecule has 0 spiro atoms. The van der Waals surface area contributed by atoms with Crippen molar-refractivity contribution in [2.75, 3.05) is 38.2 Å². The standard InChI is InChI=1S/C24H28F2N6O2/c1-15-10-17(4-7-34-15)23-27-13-21(29-23)22-19(26)12-28-24(31-22)30-20-3-2-16(11-18(20)25)14-32-5-8-33-9-6-32/h2-3,11-13,15,17H,4-10,14H2,1H3,(H,27,29)(H,28,30,31). The zero-order valence-corrected chi connectivity index (χ0v) is 19.1. The maximum Gasteiger partial charge on any atom is 0.228 e. The number of H-pyrrole nitrogens is 1. The molecular formula is C24H28F2N6O2. The molecule has 2 unspecified atom stereocenters. The SMILES string of the molecule is CC1CC(c2ncc(-c3nc(Nc4ccc(CN5CCOCC5)cc4F)ncc3F)[nH]2)CCO1. The van der Waals surface area contributed by atoms with E-state index in [9.17, 15) is 8.78 Å². The second-order valence-corrected chi connectivity index (χ2v) is 8.80. The Kier molecular flexibility index (Phi) is 6.80. The summed E-state index contributed by atoms with van der Waals surface area (Å²) in [4.78, 5) is 18.1. The molecule has 0 aliphatic carbocycles. The third-order valence-corrected chi connectivity index (χ3v) is 6.26. The van der Waals surface area contributed by atoms with E-state index in [2.05, 4.69) is 30.2 Å². The van der Waals surface area contributed by atoms with E-state index >= 15 is 0 Å². The zero-order chi connectivity index (χ0) is 23.5. The van der Waals surface area contributed by atoms with E-state index < -0.39 is 11.6 Å². The molecular weight excluding hydrogens is 442 g/mol. The summed E-state index contributed by atoms with van der Waals surface area (Å²) in [5.74, 6) is 0.122. The van der Waals surface area contributed by atoms with Crippen LogP contribution >= 0.6 is 0 Å². The van der Waals surface area contributed by atoms with Gasteiger partial charge in [-0.3, -0.25) is 4.90 Å².